The largest absolute Gasteiger partial charge is 0.262 e. The zero-order valence-corrected chi connectivity index (χ0v) is 20.9. The van der Waals surface area contributed by atoms with E-state index >= 15 is 0 Å². The summed E-state index contributed by atoms with van der Waals surface area (Å²) in [4.78, 5) is 7.53. The third-order valence-electron chi connectivity index (χ3n) is 3.53. The maximum Gasteiger partial charge on any atom is 0.262 e. The predicted molar refractivity (Wildman–Crippen MR) is 115 cm³/mol. The minimum atomic E-state index is -3.72. The van der Waals surface area contributed by atoms with Crippen molar-refractivity contribution < 1.29 is 16.8 Å². The maximum absolute atomic E-state index is 12.1. The van der Waals surface area contributed by atoms with Gasteiger partial charge in [-0.1, -0.05) is 23.2 Å². The molecule has 0 spiro atoms. The Morgan fingerprint density at radius 2 is 1.29 bits per heavy atom. The van der Waals surface area contributed by atoms with Crippen molar-refractivity contribution in [3.63, 3.8) is 0 Å². The van der Waals surface area contributed by atoms with Crippen molar-refractivity contribution >= 4 is 84.8 Å². The Hall–Kier alpha value is -0.0100. The van der Waals surface area contributed by atoms with Crippen LogP contribution in [0.1, 0.15) is 12.8 Å². The zero-order valence-electron chi connectivity index (χ0n) is 13.8. The van der Waals surface area contributed by atoms with Crippen LogP contribution in [0.2, 0.25) is 10.3 Å². The lowest BCUT2D eigenvalue weighted by Crippen LogP contribution is -2.27. The highest BCUT2D eigenvalue weighted by atomic mass is 79.9. The van der Waals surface area contributed by atoms with E-state index < -0.39 is 19.1 Å². The lowest BCUT2D eigenvalue weighted by molar-refractivity contribution is 0.477. The highest BCUT2D eigenvalue weighted by Gasteiger charge is 2.27. The van der Waals surface area contributed by atoms with Gasteiger partial charge in [0, 0.05) is 36.2 Å². The molecule has 0 atom stereocenters. The van der Waals surface area contributed by atoms with Gasteiger partial charge >= 0.3 is 0 Å². The third-order valence-corrected chi connectivity index (χ3v) is 8.98. The van der Waals surface area contributed by atoms with Gasteiger partial charge in [0.15, 0.2) is 0 Å². The van der Waals surface area contributed by atoms with Crippen LogP contribution in [0.25, 0.3) is 0 Å². The van der Waals surface area contributed by atoms with Crippen molar-refractivity contribution in [2.75, 3.05) is 13.1 Å². The average Bonchev–Trinajstić information content (AvgIpc) is 3.15. The number of hydrogen-bond acceptors (Lipinski definition) is 6. The molecular formula is C14H12Br2Cl3N3O4S2. The molecule has 0 unspecified atom stereocenters. The van der Waals surface area contributed by atoms with Crippen LogP contribution in [-0.2, 0) is 19.1 Å². The van der Waals surface area contributed by atoms with Gasteiger partial charge in [-0.3, -0.25) is 0 Å². The fourth-order valence-electron chi connectivity index (χ4n) is 2.16. The van der Waals surface area contributed by atoms with Crippen LogP contribution in [0.15, 0.2) is 43.3 Å². The summed E-state index contributed by atoms with van der Waals surface area (Å²) in [7, 11) is -2.07. The molecule has 1 aliphatic rings. The smallest absolute Gasteiger partial charge is 0.242 e. The van der Waals surface area contributed by atoms with Crippen molar-refractivity contribution in [2.45, 2.75) is 22.6 Å². The Morgan fingerprint density at radius 1 is 0.857 bits per heavy atom. The van der Waals surface area contributed by atoms with Gasteiger partial charge in [-0.05, 0) is 56.8 Å². The third kappa shape index (κ3) is 6.24. The summed E-state index contributed by atoms with van der Waals surface area (Å²) < 4.78 is 48.1. The summed E-state index contributed by atoms with van der Waals surface area (Å²) in [5, 5.41) is 0.458. The predicted octanol–water partition coefficient (Wildman–Crippen LogP) is 4.71. The van der Waals surface area contributed by atoms with Crippen LogP contribution in [0.5, 0.6) is 0 Å². The second-order valence-corrected chi connectivity index (χ2v) is 12.4. The second kappa shape index (κ2) is 9.86. The summed E-state index contributed by atoms with van der Waals surface area (Å²) in [6.07, 6.45) is 4.22. The summed E-state index contributed by atoms with van der Waals surface area (Å²) in [5.41, 5.74) is 0. The van der Waals surface area contributed by atoms with Gasteiger partial charge in [-0.2, -0.15) is 4.31 Å². The van der Waals surface area contributed by atoms with Crippen molar-refractivity contribution in [1.82, 2.24) is 14.3 Å². The molecule has 0 aliphatic carbocycles. The molecule has 1 aliphatic heterocycles. The van der Waals surface area contributed by atoms with E-state index in [9.17, 15) is 16.8 Å². The van der Waals surface area contributed by atoms with Crippen LogP contribution in [0, 0.1) is 0 Å². The van der Waals surface area contributed by atoms with Crippen LogP contribution in [-0.4, -0.2) is 44.2 Å². The quantitative estimate of drug-likeness (QED) is 0.366. The van der Waals surface area contributed by atoms with Crippen LogP contribution < -0.4 is 0 Å². The molecule has 0 radical (unpaired) electrons. The standard InChI is InChI=1S/C9H10BrClN2O2S.C5H2BrCl2NO2S/c10-8-5-7(6-12-9(8)11)16(14,15)13-3-1-2-4-13;6-4-1-3(12(8,10)11)2-9-5(4)7/h5-6H,1-4H2;1-2H. The monoisotopic (exact) mass is 613 g/mol. The van der Waals surface area contributed by atoms with E-state index in [1.165, 1.54) is 22.6 Å². The van der Waals surface area contributed by atoms with E-state index in [1.807, 2.05) is 0 Å². The van der Waals surface area contributed by atoms with Crippen molar-refractivity contribution in [3.05, 3.63) is 43.8 Å². The number of pyridine rings is 2. The molecule has 3 rings (SSSR count). The summed E-state index contributed by atoms with van der Waals surface area (Å²) in [6.45, 7) is 1.17. The maximum atomic E-state index is 12.1. The first kappa shape index (κ1) is 24.3. The second-order valence-electron chi connectivity index (χ2n) is 5.44. The Labute approximate surface area is 194 Å². The zero-order chi connectivity index (χ0) is 21.1. The molecule has 1 saturated heterocycles. The molecule has 0 amide bonds. The SMILES string of the molecule is O=S(=O)(Cl)c1cnc(Cl)c(Br)c1.O=S(=O)(c1cnc(Cl)c(Br)c1)N1CCCC1. The van der Waals surface area contributed by atoms with Crippen LogP contribution >= 0.6 is 65.7 Å². The minimum Gasteiger partial charge on any atom is -0.242 e. The minimum absolute atomic E-state index is 0.0829. The van der Waals surface area contributed by atoms with Crippen molar-refractivity contribution in [1.29, 1.82) is 0 Å². The number of sulfonamides is 1. The molecule has 0 bridgehead atoms. The van der Waals surface area contributed by atoms with Gasteiger partial charge in [-0.15, -0.1) is 0 Å². The van der Waals surface area contributed by atoms with Crippen LogP contribution in [0.4, 0.5) is 0 Å². The Kier molecular flexibility index (Phi) is 8.55. The molecular weight excluding hydrogens is 604 g/mol. The highest BCUT2D eigenvalue weighted by molar-refractivity contribution is 9.10. The van der Waals surface area contributed by atoms with E-state index in [1.54, 1.807) is 0 Å². The highest BCUT2D eigenvalue weighted by Crippen LogP contribution is 2.26. The number of aromatic nitrogens is 2. The molecule has 2 aromatic heterocycles. The molecule has 1 fully saturated rings. The first-order valence-electron chi connectivity index (χ1n) is 7.50. The Morgan fingerprint density at radius 3 is 1.71 bits per heavy atom. The normalized spacial score (nSPS) is 15.2. The number of halogens is 5. The molecule has 0 saturated carbocycles. The lowest BCUT2D eigenvalue weighted by atomic mass is 10.4. The van der Waals surface area contributed by atoms with Gasteiger partial charge in [0.1, 0.15) is 20.1 Å². The van der Waals surface area contributed by atoms with E-state index in [2.05, 4.69) is 41.8 Å². The van der Waals surface area contributed by atoms with E-state index in [0.29, 0.717) is 22.0 Å². The van der Waals surface area contributed by atoms with E-state index in [4.69, 9.17) is 33.9 Å². The molecule has 14 heteroatoms. The molecule has 0 aromatic carbocycles. The molecule has 2 aromatic rings. The van der Waals surface area contributed by atoms with Crippen molar-refractivity contribution in [2.24, 2.45) is 0 Å². The number of rotatable bonds is 3. The summed E-state index contributed by atoms with van der Waals surface area (Å²) >= 11 is 17.4. The molecule has 7 nitrogen and oxygen atoms in total. The fraction of sp³-hybridized carbons (Fsp3) is 0.286. The molecule has 3 heterocycles. The van der Waals surface area contributed by atoms with E-state index in [0.717, 1.165) is 19.0 Å². The van der Waals surface area contributed by atoms with Gasteiger partial charge < -0.3 is 0 Å². The molecule has 154 valence electrons. The van der Waals surface area contributed by atoms with E-state index in [-0.39, 0.29) is 20.1 Å². The summed E-state index contributed by atoms with van der Waals surface area (Å²) in [5.74, 6) is 0. The van der Waals surface area contributed by atoms with Gasteiger partial charge in [0.05, 0.1) is 8.95 Å². The Balaban J connectivity index is 0.000000209. The van der Waals surface area contributed by atoms with Gasteiger partial charge in [-0.25, -0.2) is 26.8 Å². The van der Waals surface area contributed by atoms with Gasteiger partial charge in [0.25, 0.3) is 9.05 Å². The van der Waals surface area contributed by atoms with Crippen LogP contribution in [0.3, 0.4) is 0 Å². The first-order chi connectivity index (χ1) is 12.9. The lowest BCUT2D eigenvalue weighted by Gasteiger charge is -2.15. The topological polar surface area (TPSA) is 97.3 Å². The Bertz CT molecular complexity index is 1080. The molecule has 0 N–H and O–H groups in total. The van der Waals surface area contributed by atoms with Crippen molar-refractivity contribution in [3.8, 4) is 0 Å². The first-order valence-corrected chi connectivity index (χ1v) is 13.6. The average molecular weight is 617 g/mol. The summed E-state index contributed by atoms with van der Waals surface area (Å²) in [6, 6.07) is 2.78. The molecule has 28 heavy (non-hydrogen) atoms. The number of nitrogens with zero attached hydrogens (tertiary/aromatic N) is 3. The fourth-order valence-corrected chi connectivity index (χ4v) is 5.55. The number of hydrogen-bond donors (Lipinski definition) is 0. The van der Waals surface area contributed by atoms with Gasteiger partial charge in [0.2, 0.25) is 10.0 Å².